The van der Waals surface area contributed by atoms with Crippen molar-refractivity contribution in [1.82, 2.24) is 78.9 Å². The van der Waals surface area contributed by atoms with Crippen molar-refractivity contribution in [2.45, 2.75) is 32.1 Å². The summed E-state index contributed by atoms with van der Waals surface area (Å²) in [7, 11) is 8.10. The van der Waals surface area contributed by atoms with Crippen molar-refractivity contribution in [3.8, 4) is 0 Å². The minimum atomic E-state index is -0.636. The molecule has 0 unspecified atom stereocenters. The van der Waals surface area contributed by atoms with Crippen LogP contribution in [0.15, 0.2) is 67.8 Å². The van der Waals surface area contributed by atoms with Gasteiger partial charge in [-0.3, -0.25) is 52.8 Å². The molecule has 1 aliphatic heterocycles. The number of anilines is 6. The molecule has 10 amide bonds. The maximum absolute atomic E-state index is 13.2. The van der Waals surface area contributed by atoms with Gasteiger partial charge in [-0.2, -0.15) is 0 Å². The quantitative estimate of drug-likeness (QED) is 0.0312. The van der Waals surface area contributed by atoms with Crippen LogP contribution in [0.5, 0.6) is 0 Å². The zero-order chi connectivity index (χ0) is 61.4. The molecule has 8 heterocycles. The van der Waals surface area contributed by atoms with E-state index in [-0.39, 0.29) is 109 Å². The SMILES string of the molecule is Cn1cc(NC(=O)c2nc(NC(=O)CCNC(=O)c3cc(NC(=O)c4nccn4C)cn3C)cn2C)cc1C(=O)NCCCC(=O)Nc1c[nH]c(C(=O)NCCC(=O)Nc2cc(C(=O)Nc3c[nH]c(C(=O)NCCCN4CCOCC4)n3)n(C)c2)n1. The Morgan fingerprint density at radius 1 is 0.465 bits per heavy atom. The average molecular weight is 1190 g/mol. The number of carbonyl (C=O) groups excluding carboxylic acids is 10. The highest BCUT2D eigenvalue weighted by Crippen LogP contribution is 2.19. The minimum absolute atomic E-state index is 0.0111. The Morgan fingerprint density at radius 2 is 0.942 bits per heavy atom. The molecular weight excluding hydrogens is 1120 g/mol. The second-order valence-corrected chi connectivity index (χ2v) is 19.8. The molecule has 0 saturated carbocycles. The fourth-order valence-corrected chi connectivity index (χ4v) is 8.80. The van der Waals surface area contributed by atoms with Crippen LogP contribution in [0.3, 0.4) is 0 Å². The van der Waals surface area contributed by atoms with Crippen LogP contribution < -0.4 is 53.2 Å². The molecule has 1 fully saturated rings. The molecule has 0 aromatic carbocycles. The monoisotopic (exact) mass is 1190 g/mol. The highest BCUT2D eigenvalue weighted by Gasteiger charge is 2.22. The number of hydrogen-bond acceptors (Lipinski definition) is 16. The topological polar surface area (TPSA) is 411 Å². The third kappa shape index (κ3) is 16.7. The van der Waals surface area contributed by atoms with E-state index >= 15 is 0 Å². The van der Waals surface area contributed by atoms with E-state index in [0.29, 0.717) is 31.1 Å². The Morgan fingerprint density at radius 3 is 1.52 bits per heavy atom. The maximum Gasteiger partial charge on any atom is 0.291 e. The highest BCUT2D eigenvalue weighted by atomic mass is 16.5. The largest absolute Gasteiger partial charge is 0.379 e. The van der Waals surface area contributed by atoms with Crippen molar-refractivity contribution in [2.24, 2.45) is 35.2 Å². The Kier molecular flexibility index (Phi) is 20.4. The number of nitrogens with zero attached hydrogens (tertiary/aromatic N) is 10. The molecule has 0 bridgehead atoms. The van der Waals surface area contributed by atoms with Gasteiger partial charge in [0.15, 0.2) is 34.9 Å². The van der Waals surface area contributed by atoms with Crippen LogP contribution in [0.25, 0.3) is 0 Å². The van der Waals surface area contributed by atoms with Gasteiger partial charge in [0.1, 0.15) is 17.1 Å². The Labute approximate surface area is 490 Å². The summed E-state index contributed by atoms with van der Waals surface area (Å²) >= 11 is 0. The number of ether oxygens (including phenoxy) is 1. The number of carbonyl (C=O) groups is 10. The normalized spacial score (nSPS) is 12.2. The number of hydrogen-bond donors (Lipinski definition) is 12. The summed E-state index contributed by atoms with van der Waals surface area (Å²) in [6.45, 7) is 4.45. The minimum Gasteiger partial charge on any atom is -0.379 e. The first-order chi connectivity index (χ1) is 41.3. The van der Waals surface area contributed by atoms with Gasteiger partial charge in [0.2, 0.25) is 23.5 Å². The lowest BCUT2D eigenvalue weighted by atomic mass is 10.3. The second-order valence-electron chi connectivity index (χ2n) is 19.8. The van der Waals surface area contributed by atoms with Gasteiger partial charge in [-0.25, -0.2) is 19.9 Å². The molecule has 0 aliphatic carbocycles. The number of amides is 10. The Bertz CT molecular complexity index is 3640. The molecule has 1 saturated heterocycles. The lowest BCUT2D eigenvalue weighted by Crippen LogP contribution is -2.38. The molecule has 8 rings (SSSR count). The third-order valence-corrected chi connectivity index (χ3v) is 13.2. The van der Waals surface area contributed by atoms with E-state index in [9.17, 15) is 47.9 Å². The number of morpholine rings is 1. The predicted octanol–water partition coefficient (Wildman–Crippen LogP) is 0.490. The number of H-pyrrole nitrogens is 2. The second kappa shape index (κ2) is 28.5. The van der Waals surface area contributed by atoms with E-state index in [2.05, 4.69) is 88.0 Å². The molecule has 0 spiro atoms. The number of rotatable bonds is 27. The van der Waals surface area contributed by atoms with E-state index < -0.39 is 59.1 Å². The van der Waals surface area contributed by atoms with Crippen molar-refractivity contribution in [1.29, 1.82) is 0 Å². The van der Waals surface area contributed by atoms with Crippen molar-refractivity contribution < 1.29 is 52.7 Å². The molecule has 0 radical (unpaired) electrons. The fraction of sp³-hybridized carbons (Fsp3) is 0.358. The highest BCUT2D eigenvalue weighted by molar-refractivity contribution is 6.06. The van der Waals surface area contributed by atoms with Crippen molar-refractivity contribution in [3.05, 3.63) is 108 Å². The van der Waals surface area contributed by atoms with Crippen LogP contribution in [0.2, 0.25) is 0 Å². The van der Waals surface area contributed by atoms with E-state index in [1.54, 1.807) is 52.2 Å². The summed E-state index contributed by atoms with van der Waals surface area (Å²) < 4.78 is 12.9. The first kappa shape index (κ1) is 61.4. The maximum atomic E-state index is 13.2. The number of nitrogens with one attached hydrogen (secondary N) is 12. The van der Waals surface area contributed by atoms with Crippen LogP contribution in [-0.4, -0.2) is 176 Å². The zero-order valence-electron chi connectivity index (χ0n) is 47.7. The molecule has 7 aromatic rings. The lowest BCUT2D eigenvalue weighted by molar-refractivity contribution is -0.117. The van der Waals surface area contributed by atoms with Gasteiger partial charge >= 0.3 is 0 Å². The molecule has 7 aromatic heterocycles. The van der Waals surface area contributed by atoms with E-state index in [0.717, 1.165) is 26.1 Å². The van der Waals surface area contributed by atoms with Crippen LogP contribution in [0.1, 0.15) is 106 Å². The van der Waals surface area contributed by atoms with E-state index in [4.69, 9.17) is 4.74 Å². The van der Waals surface area contributed by atoms with Gasteiger partial charge in [0.25, 0.3) is 41.4 Å². The Hall–Kier alpha value is -10.7. The number of imidazole rings is 4. The smallest absolute Gasteiger partial charge is 0.291 e. The molecule has 33 nitrogen and oxygen atoms in total. The first-order valence-corrected chi connectivity index (χ1v) is 27.1. The first-order valence-electron chi connectivity index (χ1n) is 27.1. The molecule has 86 heavy (non-hydrogen) atoms. The van der Waals surface area contributed by atoms with Crippen LogP contribution in [-0.2, 0) is 54.4 Å². The molecule has 0 atom stereocenters. The van der Waals surface area contributed by atoms with Crippen LogP contribution in [0.4, 0.5) is 34.5 Å². The van der Waals surface area contributed by atoms with Gasteiger partial charge in [-0.05, 0) is 37.6 Å². The van der Waals surface area contributed by atoms with Gasteiger partial charge in [-0.15, -0.1) is 0 Å². The zero-order valence-corrected chi connectivity index (χ0v) is 47.7. The number of aromatic amines is 2. The van der Waals surface area contributed by atoms with Gasteiger partial charge < -0.3 is 90.7 Å². The van der Waals surface area contributed by atoms with Gasteiger partial charge in [0, 0.05) is 143 Å². The summed E-state index contributed by atoms with van der Waals surface area (Å²) in [6.07, 6.45) is 12.7. The van der Waals surface area contributed by atoms with Gasteiger partial charge in [0.05, 0.1) is 30.3 Å². The Balaban J connectivity index is 0.680. The molecule has 12 N–H and O–H groups in total. The number of aromatic nitrogens is 11. The lowest BCUT2D eigenvalue weighted by Gasteiger charge is -2.26. The predicted molar refractivity (Wildman–Crippen MR) is 309 cm³/mol. The van der Waals surface area contributed by atoms with Gasteiger partial charge in [-0.1, -0.05) is 0 Å². The van der Waals surface area contributed by atoms with Crippen molar-refractivity contribution in [2.75, 3.05) is 90.9 Å². The molecular formula is C53H66N22O11. The third-order valence-electron chi connectivity index (χ3n) is 13.2. The van der Waals surface area contributed by atoms with Crippen molar-refractivity contribution in [3.63, 3.8) is 0 Å². The number of aryl methyl sites for hydroxylation is 5. The summed E-state index contributed by atoms with van der Waals surface area (Å²) in [5.41, 5.74) is 1.64. The van der Waals surface area contributed by atoms with Crippen LogP contribution in [0, 0.1) is 0 Å². The molecule has 454 valence electrons. The van der Waals surface area contributed by atoms with E-state index in [1.165, 1.54) is 73.6 Å². The molecule has 33 heteroatoms. The van der Waals surface area contributed by atoms with E-state index in [1.807, 2.05) is 0 Å². The summed E-state index contributed by atoms with van der Waals surface area (Å²) in [5.74, 6) is -4.60. The standard InChI is InChI=1S/C53H66N22O11/c1-70-17-15-54-45(70)52(84)62-32-23-35(72(3)28-32)48(80)57-13-10-42(78)65-39-30-74(5)46(68-39)53(85)63-33-24-34(71(2)29-33)47(79)55-11-6-8-40(76)64-37-25-59-44(66-37)51(83)58-14-9-41(77)61-31-22-36(73(4)27-31)49(81)69-38-26-60-43(67-38)50(82)56-12-7-16-75-18-20-86-21-19-75/h15,17,22-30H,6-14,16,18-21H2,1-5H3,(H,55,79)(H,56,82)(H,57,80)(H,58,83)(H,59,66)(H,60,67)(H,61,77)(H,62,84)(H,63,85)(H,64,76)(H,65,78)(H,69,81). The summed E-state index contributed by atoms with van der Waals surface area (Å²) in [4.78, 5) is 153. The fourth-order valence-electron chi connectivity index (χ4n) is 8.80. The average Bonchev–Trinajstić information content (AvgIpc) is 4.00. The van der Waals surface area contributed by atoms with Crippen molar-refractivity contribution >= 4 is 93.6 Å². The molecule has 1 aliphatic rings. The summed E-state index contributed by atoms with van der Waals surface area (Å²) in [5, 5.41) is 26.7. The van der Waals surface area contributed by atoms with Crippen LogP contribution >= 0.6 is 0 Å². The summed E-state index contributed by atoms with van der Waals surface area (Å²) in [6, 6.07) is 4.42.